The molecule has 0 radical (unpaired) electrons. The minimum atomic E-state index is 0.899. The number of unbranched alkanes of at least 4 members (excludes halogenated alkanes) is 1. The molecular formula is C11H12Br2N2. The fourth-order valence-corrected chi connectivity index (χ4v) is 2.29. The van der Waals surface area contributed by atoms with Crippen LogP contribution < -0.4 is 0 Å². The van der Waals surface area contributed by atoms with Crippen LogP contribution in [-0.4, -0.2) is 14.9 Å². The Balaban J connectivity index is 2.23. The summed E-state index contributed by atoms with van der Waals surface area (Å²) in [5.41, 5.74) is 1.07. The first-order valence-electron chi connectivity index (χ1n) is 4.98. The SMILES string of the molecule is BrCCCCn1ccc2ccc(Br)nc21. The Morgan fingerprint density at radius 3 is 2.87 bits per heavy atom. The lowest BCUT2D eigenvalue weighted by atomic mass is 10.3. The summed E-state index contributed by atoms with van der Waals surface area (Å²) >= 11 is 6.84. The highest BCUT2D eigenvalue weighted by molar-refractivity contribution is 9.10. The summed E-state index contributed by atoms with van der Waals surface area (Å²) in [5.74, 6) is 0. The molecule has 0 fully saturated rings. The van der Waals surface area contributed by atoms with Gasteiger partial charge in [-0.1, -0.05) is 15.9 Å². The maximum absolute atomic E-state index is 4.48. The van der Waals surface area contributed by atoms with Crippen LogP contribution in [0.1, 0.15) is 12.8 Å². The van der Waals surface area contributed by atoms with Crippen LogP contribution in [0.5, 0.6) is 0 Å². The number of aryl methyl sites for hydroxylation is 1. The number of aromatic nitrogens is 2. The minimum Gasteiger partial charge on any atom is -0.332 e. The van der Waals surface area contributed by atoms with Gasteiger partial charge in [-0.3, -0.25) is 0 Å². The van der Waals surface area contributed by atoms with Gasteiger partial charge in [-0.2, -0.15) is 0 Å². The van der Waals surface area contributed by atoms with Crippen molar-refractivity contribution >= 4 is 42.9 Å². The summed E-state index contributed by atoms with van der Waals surface area (Å²) in [7, 11) is 0. The Labute approximate surface area is 106 Å². The molecule has 0 spiro atoms. The molecule has 0 aliphatic carbocycles. The molecule has 2 heterocycles. The van der Waals surface area contributed by atoms with E-state index in [1.165, 1.54) is 18.2 Å². The molecule has 15 heavy (non-hydrogen) atoms. The molecular weight excluding hydrogens is 320 g/mol. The van der Waals surface area contributed by atoms with Gasteiger partial charge in [0.2, 0.25) is 0 Å². The van der Waals surface area contributed by atoms with Crippen LogP contribution >= 0.6 is 31.9 Å². The number of hydrogen-bond donors (Lipinski definition) is 0. The van der Waals surface area contributed by atoms with Gasteiger partial charge >= 0.3 is 0 Å². The molecule has 4 heteroatoms. The third-order valence-electron chi connectivity index (χ3n) is 2.36. The second-order valence-electron chi connectivity index (χ2n) is 3.45. The third-order valence-corrected chi connectivity index (χ3v) is 3.36. The fraction of sp³-hybridized carbons (Fsp3) is 0.364. The topological polar surface area (TPSA) is 17.8 Å². The maximum atomic E-state index is 4.48. The molecule has 0 atom stereocenters. The van der Waals surface area contributed by atoms with Gasteiger partial charge in [-0.25, -0.2) is 4.98 Å². The molecule has 0 aliphatic rings. The normalized spacial score (nSPS) is 11.1. The zero-order valence-electron chi connectivity index (χ0n) is 8.29. The average molecular weight is 332 g/mol. The van der Waals surface area contributed by atoms with Crippen molar-refractivity contribution in [2.45, 2.75) is 19.4 Å². The molecule has 0 saturated heterocycles. The summed E-state index contributed by atoms with van der Waals surface area (Å²) in [6.45, 7) is 1.04. The van der Waals surface area contributed by atoms with Crippen LogP contribution in [0.2, 0.25) is 0 Å². The van der Waals surface area contributed by atoms with Crippen LogP contribution in [0.3, 0.4) is 0 Å². The summed E-state index contributed by atoms with van der Waals surface area (Å²) in [5, 5.41) is 2.28. The summed E-state index contributed by atoms with van der Waals surface area (Å²) < 4.78 is 3.11. The van der Waals surface area contributed by atoms with E-state index >= 15 is 0 Å². The first-order valence-corrected chi connectivity index (χ1v) is 6.90. The number of alkyl halides is 1. The van der Waals surface area contributed by atoms with Crippen LogP contribution in [0.25, 0.3) is 11.0 Å². The van der Waals surface area contributed by atoms with Gasteiger partial charge in [0.1, 0.15) is 10.3 Å². The van der Waals surface area contributed by atoms with Crippen molar-refractivity contribution < 1.29 is 0 Å². The molecule has 80 valence electrons. The molecule has 2 aromatic heterocycles. The standard InChI is InChI=1S/C11H12Br2N2/c12-6-1-2-7-15-8-5-9-3-4-10(13)14-11(9)15/h3-5,8H,1-2,6-7H2. The van der Waals surface area contributed by atoms with E-state index in [2.05, 4.69) is 59.7 Å². The first-order chi connectivity index (χ1) is 7.31. The summed E-state index contributed by atoms with van der Waals surface area (Å²) in [6.07, 6.45) is 4.50. The highest BCUT2D eigenvalue weighted by atomic mass is 79.9. The van der Waals surface area contributed by atoms with Crippen molar-refractivity contribution in [2.24, 2.45) is 0 Å². The molecule has 2 nitrogen and oxygen atoms in total. The number of halogens is 2. The van der Waals surface area contributed by atoms with E-state index in [-0.39, 0.29) is 0 Å². The smallest absolute Gasteiger partial charge is 0.141 e. The largest absolute Gasteiger partial charge is 0.332 e. The van der Waals surface area contributed by atoms with Crippen LogP contribution in [0, 0.1) is 0 Å². The van der Waals surface area contributed by atoms with Crippen molar-refractivity contribution in [3.63, 3.8) is 0 Å². The Bertz CT molecular complexity index is 451. The van der Waals surface area contributed by atoms with E-state index in [0.717, 1.165) is 22.1 Å². The van der Waals surface area contributed by atoms with E-state index in [1.54, 1.807) is 0 Å². The van der Waals surface area contributed by atoms with E-state index in [0.29, 0.717) is 0 Å². The highest BCUT2D eigenvalue weighted by Crippen LogP contribution is 2.17. The van der Waals surface area contributed by atoms with Crippen LogP contribution in [0.4, 0.5) is 0 Å². The molecule has 0 N–H and O–H groups in total. The zero-order valence-corrected chi connectivity index (χ0v) is 11.5. The van der Waals surface area contributed by atoms with Crippen molar-refractivity contribution in [1.82, 2.24) is 9.55 Å². The van der Waals surface area contributed by atoms with E-state index in [1.807, 2.05) is 6.07 Å². The van der Waals surface area contributed by atoms with E-state index < -0.39 is 0 Å². The van der Waals surface area contributed by atoms with Crippen molar-refractivity contribution in [3.8, 4) is 0 Å². The molecule has 2 aromatic rings. The minimum absolute atomic E-state index is 0.899. The lowest BCUT2D eigenvalue weighted by Crippen LogP contribution is -1.97. The second kappa shape index (κ2) is 5.12. The summed E-state index contributed by atoms with van der Waals surface area (Å²) in [4.78, 5) is 4.48. The number of pyridine rings is 1. The third kappa shape index (κ3) is 2.61. The predicted octanol–water partition coefficient (Wildman–Crippen LogP) is 3.97. The lowest BCUT2D eigenvalue weighted by molar-refractivity contribution is 0.650. The molecule has 0 saturated carbocycles. The van der Waals surface area contributed by atoms with Gasteiger partial charge in [0.05, 0.1) is 0 Å². The number of rotatable bonds is 4. The van der Waals surface area contributed by atoms with E-state index in [4.69, 9.17) is 0 Å². The van der Waals surface area contributed by atoms with Gasteiger partial charge in [-0.15, -0.1) is 0 Å². The van der Waals surface area contributed by atoms with Gasteiger partial charge in [-0.05, 0) is 47.0 Å². The van der Waals surface area contributed by atoms with Gasteiger partial charge < -0.3 is 4.57 Å². The number of nitrogens with zero attached hydrogens (tertiary/aromatic N) is 2. The Hall–Kier alpha value is -0.350. The Kier molecular flexibility index (Phi) is 3.81. The predicted molar refractivity (Wildman–Crippen MR) is 70.5 cm³/mol. The quantitative estimate of drug-likeness (QED) is 0.471. The maximum Gasteiger partial charge on any atom is 0.141 e. The summed E-state index contributed by atoms with van der Waals surface area (Å²) in [6, 6.07) is 6.18. The number of fused-ring (bicyclic) bond motifs is 1. The lowest BCUT2D eigenvalue weighted by Gasteiger charge is -2.03. The van der Waals surface area contributed by atoms with Crippen molar-refractivity contribution in [1.29, 1.82) is 0 Å². The zero-order chi connectivity index (χ0) is 10.7. The van der Waals surface area contributed by atoms with Crippen molar-refractivity contribution in [3.05, 3.63) is 29.0 Å². The van der Waals surface area contributed by atoms with Gasteiger partial charge in [0.15, 0.2) is 0 Å². The molecule has 0 amide bonds. The average Bonchev–Trinajstić information content (AvgIpc) is 2.62. The van der Waals surface area contributed by atoms with E-state index in [9.17, 15) is 0 Å². The first kappa shape index (κ1) is 11.1. The van der Waals surface area contributed by atoms with Crippen molar-refractivity contribution in [2.75, 3.05) is 5.33 Å². The van der Waals surface area contributed by atoms with Gasteiger partial charge in [0.25, 0.3) is 0 Å². The number of hydrogen-bond acceptors (Lipinski definition) is 1. The molecule has 0 aromatic carbocycles. The van der Waals surface area contributed by atoms with Gasteiger partial charge in [0, 0.05) is 23.5 Å². The Morgan fingerprint density at radius 2 is 2.07 bits per heavy atom. The molecule has 0 unspecified atom stereocenters. The molecule has 0 aliphatic heterocycles. The molecule has 2 rings (SSSR count). The molecule has 0 bridgehead atoms. The fourth-order valence-electron chi connectivity index (χ4n) is 1.59. The Morgan fingerprint density at radius 1 is 1.20 bits per heavy atom. The highest BCUT2D eigenvalue weighted by Gasteiger charge is 2.02. The second-order valence-corrected chi connectivity index (χ2v) is 5.06. The van der Waals surface area contributed by atoms with Crippen LogP contribution in [-0.2, 0) is 6.54 Å². The monoisotopic (exact) mass is 330 g/mol. The van der Waals surface area contributed by atoms with Crippen LogP contribution in [0.15, 0.2) is 29.0 Å².